The molecule has 354 valence electrons. The maximum absolute atomic E-state index is 14.4. The van der Waals surface area contributed by atoms with E-state index in [9.17, 15) is 19.2 Å². The van der Waals surface area contributed by atoms with Gasteiger partial charge in [-0.05, 0) is 88.5 Å². The van der Waals surface area contributed by atoms with Crippen LogP contribution in [0.5, 0.6) is 0 Å². The Kier molecular flexibility index (Phi) is 18.6. The molecule has 4 aliphatic rings. The van der Waals surface area contributed by atoms with E-state index >= 15 is 0 Å². The molecular weight excluding hydrogens is 837 g/mol. The second-order valence-corrected chi connectivity index (χ2v) is 19.9. The molecular formula is C55H73MgN4O6-3. The molecule has 2 fully saturated rings. The number of allylic oxidation sites excluding steroid dienone is 5. The van der Waals surface area contributed by atoms with Gasteiger partial charge in [0.1, 0.15) is 12.5 Å². The minimum absolute atomic E-state index is 0. The van der Waals surface area contributed by atoms with Gasteiger partial charge in [-0.15, -0.1) is 22.8 Å². The number of nitrogens with zero attached hydrogens (tertiary/aromatic N) is 4. The van der Waals surface area contributed by atoms with E-state index in [0.29, 0.717) is 74.7 Å². The molecule has 10 nitrogen and oxygen atoms in total. The number of fused-ring (bicyclic) bond motifs is 7. The number of hydrogen-bond donors (Lipinski definition) is 0. The van der Waals surface area contributed by atoms with Crippen LogP contribution >= 0.6 is 0 Å². The fourth-order valence-electron chi connectivity index (χ4n) is 10.5. The second kappa shape index (κ2) is 23.3. The molecule has 2 saturated heterocycles. The van der Waals surface area contributed by atoms with Crippen molar-refractivity contribution < 1.29 is 28.7 Å². The van der Waals surface area contributed by atoms with E-state index in [1.807, 2.05) is 45.1 Å². The summed E-state index contributed by atoms with van der Waals surface area (Å²) in [5.74, 6) is -1.17. The monoisotopic (exact) mass is 910 g/mol. The molecule has 0 unspecified atom stereocenters. The van der Waals surface area contributed by atoms with Crippen molar-refractivity contribution in [2.75, 3.05) is 13.7 Å². The maximum Gasteiger partial charge on any atom is 2.00 e. The summed E-state index contributed by atoms with van der Waals surface area (Å²) in [5.41, 5.74) is 9.08. The van der Waals surface area contributed by atoms with E-state index in [4.69, 9.17) is 30.1 Å². The normalized spacial score (nSPS) is 25.9. The van der Waals surface area contributed by atoms with Crippen LogP contribution in [0, 0.1) is 68.1 Å². The van der Waals surface area contributed by atoms with Gasteiger partial charge in [-0.25, -0.2) is 0 Å². The van der Waals surface area contributed by atoms with Crippen molar-refractivity contribution in [1.82, 2.24) is 9.97 Å². The van der Waals surface area contributed by atoms with Crippen LogP contribution in [0.25, 0.3) is 34.4 Å². The van der Waals surface area contributed by atoms with Crippen molar-refractivity contribution >= 4 is 70.4 Å². The summed E-state index contributed by atoms with van der Waals surface area (Å²) in [6, 6.07) is 0. The average Bonchev–Trinajstić information content (AvgIpc) is 4.00. The molecule has 0 saturated carbocycles. The number of ketones is 2. The number of carbonyl (C=O) groups excluding carboxylic acids is 4. The van der Waals surface area contributed by atoms with Gasteiger partial charge in [0.25, 0.3) is 0 Å². The van der Waals surface area contributed by atoms with Gasteiger partial charge in [-0.3, -0.25) is 19.2 Å². The number of rotatable bonds is 20. The number of aromatic nitrogens is 2. The van der Waals surface area contributed by atoms with Crippen LogP contribution in [-0.2, 0) is 19.1 Å². The topological polar surface area (TPSA) is 143 Å². The van der Waals surface area contributed by atoms with Crippen molar-refractivity contribution in [1.29, 1.82) is 0 Å². The van der Waals surface area contributed by atoms with Gasteiger partial charge in [0.15, 0.2) is 11.6 Å². The molecule has 2 aromatic rings. The van der Waals surface area contributed by atoms with Crippen molar-refractivity contribution in [3.05, 3.63) is 97.0 Å². The quantitative estimate of drug-likeness (QED) is 0.0319. The van der Waals surface area contributed by atoms with Crippen molar-refractivity contribution in [2.24, 2.45) is 47.3 Å². The SMILES string of the molecule is [CH2-][C@H](C)CCC[C@@H](C)CCC[C@@H](C)CCC/C(C)=C/COC(=O)CC[C@@H]1/C2=C3/c4[n-]c(c(C)c4C(=O)[C@@H]3C(=O)OC)/C=C3\[N-]/C(=C\c4[n-]c(c(C)c4C(C)=O)/C=C(\[N-]2)[C@H]1C)[C@H](C)[C@H]3CC.[Mg+2]. The molecule has 0 amide bonds. The Hall–Kier alpha value is -4.09. The van der Waals surface area contributed by atoms with E-state index in [2.05, 4.69) is 48.5 Å². The van der Waals surface area contributed by atoms with Crippen LogP contribution in [0.1, 0.15) is 187 Å². The summed E-state index contributed by atoms with van der Waals surface area (Å²) >= 11 is 0. The summed E-state index contributed by atoms with van der Waals surface area (Å²) in [5, 5.41) is 10.3. The van der Waals surface area contributed by atoms with E-state index in [1.165, 1.54) is 57.6 Å². The number of Topliss-reactive ketones (excluding diaryl/α,β-unsaturated/α-hetero) is 2. The van der Waals surface area contributed by atoms with Crippen molar-refractivity contribution in [2.45, 2.75) is 146 Å². The van der Waals surface area contributed by atoms with Crippen molar-refractivity contribution in [3.8, 4) is 0 Å². The third-order valence-corrected chi connectivity index (χ3v) is 14.7. The molecule has 1 aliphatic carbocycles. The van der Waals surface area contributed by atoms with E-state index < -0.39 is 11.9 Å². The minimum atomic E-state index is -1.25. The summed E-state index contributed by atoms with van der Waals surface area (Å²) < 4.78 is 11.0. The average molecular weight is 911 g/mol. The smallest absolute Gasteiger partial charge is 0.664 e. The van der Waals surface area contributed by atoms with Crippen LogP contribution in [0.3, 0.4) is 0 Å². The van der Waals surface area contributed by atoms with E-state index in [-0.39, 0.29) is 77.3 Å². The molecule has 0 N–H and O–H groups in total. The van der Waals surface area contributed by atoms with Gasteiger partial charge < -0.3 is 37.0 Å². The van der Waals surface area contributed by atoms with Crippen LogP contribution in [0.2, 0.25) is 0 Å². The molecule has 2 aromatic heterocycles. The Morgan fingerprint density at radius 2 is 1.38 bits per heavy atom. The number of esters is 2. The Bertz CT molecular complexity index is 2280. The number of carbonyl (C=O) groups is 4. The molecule has 8 bridgehead atoms. The zero-order chi connectivity index (χ0) is 47.3. The fourth-order valence-corrected chi connectivity index (χ4v) is 10.5. The summed E-state index contributed by atoms with van der Waals surface area (Å²) in [6.45, 7) is 25.0. The first-order valence-electron chi connectivity index (χ1n) is 24.4. The number of hydrogen-bond acceptors (Lipinski definition) is 6. The van der Waals surface area contributed by atoms with Crippen LogP contribution in [0.4, 0.5) is 0 Å². The van der Waals surface area contributed by atoms with Gasteiger partial charge in [0, 0.05) is 17.5 Å². The zero-order valence-electron chi connectivity index (χ0n) is 41.8. The van der Waals surface area contributed by atoms with Gasteiger partial charge in [0.05, 0.1) is 7.11 Å². The number of ether oxygens (including phenoxy) is 2. The molecule has 0 radical (unpaired) electrons. The van der Waals surface area contributed by atoms with Crippen LogP contribution < -0.4 is 9.97 Å². The van der Waals surface area contributed by atoms with Gasteiger partial charge >= 0.3 is 35.0 Å². The Balaban J connectivity index is 0.00000817. The fraction of sp³-hybridized carbons (Fsp3) is 0.582. The van der Waals surface area contributed by atoms with Gasteiger partial charge in [-0.2, -0.15) is 28.7 Å². The first-order valence-corrected chi connectivity index (χ1v) is 24.4. The maximum atomic E-state index is 14.4. The van der Waals surface area contributed by atoms with E-state index in [0.717, 1.165) is 42.1 Å². The van der Waals surface area contributed by atoms with Gasteiger partial charge in [0.2, 0.25) is 0 Å². The first kappa shape index (κ1) is 52.9. The third-order valence-electron chi connectivity index (χ3n) is 14.7. The molecule has 6 rings (SSSR count). The van der Waals surface area contributed by atoms with Crippen LogP contribution in [0.15, 0.2) is 34.4 Å². The first-order chi connectivity index (χ1) is 30.9. The molecule has 5 heterocycles. The number of methoxy groups -OCH3 is 1. The van der Waals surface area contributed by atoms with Crippen LogP contribution in [-0.4, -0.2) is 60.3 Å². The van der Waals surface area contributed by atoms with E-state index in [1.54, 1.807) is 6.92 Å². The molecule has 0 spiro atoms. The summed E-state index contributed by atoms with van der Waals surface area (Å²) in [4.78, 5) is 64.7. The predicted molar refractivity (Wildman–Crippen MR) is 266 cm³/mol. The summed E-state index contributed by atoms with van der Waals surface area (Å²) in [6.07, 6.45) is 20.0. The minimum Gasteiger partial charge on any atom is -0.664 e. The molecule has 8 atom stereocenters. The largest absolute Gasteiger partial charge is 2.00 e. The molecule has 66 heavy (non-hydrogen) atoms. The zero-order valence-corrected chi connectivity index (χ0v) is 43.2. The Labute approximate surface area is 411 Å². The standard InChI is InChI=1S/C55H75N4O6.Mg/c1-13-39-34(7)41-29-46-48(38(11)60)36(9)43(57-46)27-42-35(8)40(52(58-42)50-51(55(63)64-12)54(62)49-37(10)44(59-53(49)50)28-45(39)56-41)23-24-47(61)65-26-25-33(6)22-16-21-32(5)20-15-19-31(4)18-14-17-30(2)3;/h25,27-32,34-35,39-40,51H,2,13-24,26H2,1,3-12H3,(H2-2,56,57,58,59,60,62);/q-3;+2/p-2/b33-25+,42-27-,45-28-;/t30-,31-,32-,34-,35+,39-,40+,51-;/m1./s1. The summed E-state index contributed by atoms with van der Waals surface area (Å²) in [7, 11) is 1.28. The third kappa shape index (κ3) is 11.8. The Morgan fingerprint density at radius 1 is 0.788 bits per heavy atom. The predicted octanol–water partition coefficient (Wildman–Crippen LogP) is 12.7. The molecule has 0 aromatic carbocycles. The van der Waals surface area contributed by atoms with Gasteiger partial charge in [-0.1, -0.05) is 133 Å². The second-order valence-electron chi connectivity index (χ2n) is 19.9. The molecule has 11 heteroatoms. The molecule has 3 aliphatic heterocycles. The van der Waals surface area contributed by atoms with Crippen molar-refractivity contribution in [3.63, 3.8) is 0 Å². The Morgan fingerprint density at radius 3 is 2.02 bits per heavy atom.